The van der Waals surface area contributed by atoms with Crippen molar-refractivity contribution in [2.45, 2.75) is 147 Å². The molecule has 3 aliphatic carbocycles. The Balaban J connectivity index is 1.02. The molecule has 1 saturated heterocycles. The summed E-state index contributed by atoms with van der Waals surface area (Å²) in [6.45, 7) is 10.9. The Bertz CT molecular complexity index is 2080. The number of halogens is 2. The fraction of sp³-hybridized carbons (Fsp3) is 0.707. The molecular weight excluding hydrogens is 791 g/mol. The summed E-state index contributed by atoms with van der Waals surface area (Å²) < 4.78 is 68.2. The molecule has 4 fully saturated rings. The quantitative estimate of drug-likeness (QED) is 0.148. The maximum absolute atomic E-state index is 15.2. The van der Waals surface area contributed by atoms with E-state index in [-0.39, 0.29) is 48.2 Å². The molecule has 4 aliphatic rings. The van der Waals surface area contributed by atoms with E-state index in [4.69, 9.17) is 9.47 Å². The topological polar surface area (TPSA) is 206 Å². The Morgan fingerprint density at radius 1 is 1.05 bits per heavy atom. The molecule has 6 rings (SSSR count). The van der Waals surface area contributed by atoms with Gasteiger partial charge in [-0.2, -0.15) is 8.78 Å². The molecule has 3 saturated carbocycles. The van der Waals surface area contributed by atoms with E-state index in [1.807, 2.05) is 13.8 Å². The van der Waals surface area contributed by atoms with E-state index in [1.54, 1.807) is 33.8 Å². The molecule has 4 amide bonds. The number of sulfonamides is 1. The first kappa shape index (κ1) is 44.2. The van der Waals surface area contributed by atoms with E-state index >= 15 is 8.78 Å². The molecule has 0 bridgehead atoms. The van der Waals surface area contributed by atoms with Crippen LogP contribution in [0.2, 0.25) is 0 Å². The van der Waals surface area contributed by atoms with Gasteiger partial charge in [-0.15, -0.1) is 0 Å². The van der Waals surface area contributed by atoms with E-state index in [2.05, 4.69) is 25.3 Å². The number of alkyl halides is 2. The second-order valence-corrected chi connectivity index (χ2v) is 20.4. The number of alkyl carbamates (subject to hydrolysis) is 1. The van der Waals surface area contributed by atoms with E-state index in [1.165, 1.54) is 24.1 Å². The molecule has 4 N–H and O–H groups in total. The van der Waals surface area contributed by atoms with Crippen LogP contribution >= 0.6 is 0 Å². The van der Waals surface area contributed by atoms with Crippen molar-refractivity contribution in [2.24, 2.45) is 23.2 Å². The number of nitrogens with zero attached hydrogens (tertiary/aromatic N) is 3. The second-order valence-electron chi connectivity index (χ2n) is 18.2. The third kappa shape index (κ3) is 9.21. The highest BCUT2D eigenvalue weighted by Crippen LogP contribution is 2.48. The van der Waals surface area contributed by atoms with Gasteiger partial charge in [0.15, 0.2) is 5.69 Å². The summed E-state index contributed by atoms with van der Waals surface area (Å²) >= 11 is 0. The maximum Gasteiger partial charge on any atom is 0.408 e. The summed E-state index contributed by atoms with van der Waals surface area (Å²) in [7, 11) is -2.49. The number of fused-ring (bicyclic) bond motifs is 1. The molecule has 3 unspecified atom stereocenters. The summed E-state index contributed by atoms with van der Waals surface area (Å²) in [4.78, 5) is 64.5. The predicted molar refractivity (Wildman–Crippen MR) is 213 cm³/mol. The predicted octanol–water partition coefficient (Wildman–Crippen LogP) is 5.44. The fourth-order valence-electron chi connectivity index (χ4n) is 8.31. The summed E-state index contributed by atoms with van der Waals surface area (Å²) in [5.41, 5.74) is -2.56. The molecule has 1 aromatic heterocycles. The van der Waals surface area contributed by atoms with Crippen LogP contribution in [-0.4, -0.2) is 94.3 Å². The van der Waals surface area contributed by atoms with Crippen LogP contribution in [0.25, 0.3) is 11.0 Å². The van der Waals surface area contributed by atoms with Crippen LogP contribution in [0.3, 0.4) is 0 Å². The third-order valence-corrected chi connectivity index (χ3v) is 14.9. The molecule has 0 radical (unpaired) electrons. The van der Waals surface area contributed by atoms with Gasteiger partial charge in [0.25, 0.3) is 11.8 Å². The standard InChI is InChI=1S/C41H58F2N6O9S/c1-8-23-15-19-49(30(23)33(50)47-40(22-25(40)9-2)36(53)48-59(55,56)39(6)17-18-39)35(52)32(38(3,4)5)46-37(54)58-29-20-24(29)12-10-11-16-41(42,43)31-34(51)45-28-21-26(57-7)13-14-27(28)44-31/h13-14,21,23-25,29-30,32H,8-12,15-20,22H2,1-7H3,(H,45,51)(H,46,54)(H,47,50)(H,48,53)/t23?,24-,25-,29?,30+,32-,40?/m1/s1. The molecule has 326 valence electrons. The Morgan fingerprint density at radius 2 is 1.76 bits per heavy atom. The van der Waals surface area contributed by atoms with Gasteiger partial charge in [0.1, 0.15) is 29.5 Å². The maximum atomic E-state index is 15.2. The number of benzene rings is 1. The minimum absolute atomic E-state index is 0.0417. The van der Waals surface area contributed by atoms with Gasteiger partial charge in [-0.1, -0.05) is 53.9 Å². The first-order valence-electron chi connectivity index (χ1n) is 20.7. The molecule has 18 heteroatoms. The molecule has 1 aromatic carbocycles. The van der Waals surface area contributed by atoms with Gasteiger partial charge in [0.2, 0.25) is 27.7 Å². The van der Waals surface area contributed by atoms with Gasteiger partial charge < -0.3 is 30.1 Å². The first-order chi connectivity index (χ1) is 27.6. The molecule has 2 aromatic rings. The lowest BCUT2D eigenvalue weighted by Crippen LogP contribution is -2.61. The highest BCUT2D eigenvalue weighted by atomic mass is 32.2. The van der Waals surface area contributed by atoms with Crippen molar-refractivity contribution < 1.29 is 51.0 Å². The zero-order chi connectivity index (χ0) is 43.3. The van der Waals surface area contributed by atoms with Gasteiger partial charge in [0.05, 0.1) is 22.9 Å². The monoisotopic (exact) mass is 848 g/mol. The smallest absolute Gasteiger partial charge is 0.408 e. The SMILES string of the molecule is CCC1CCN(C(=O)[C@@H](NC(=O)OC2C[C@H]2CCCCC(F)(F)c2nc3ccc(OC)cc3nc2O)C(C)(C)C)[C@@H]1C(=O)NC1(C(=O)NS(=O)(=O)C2(C)CC2)C[C@H]1CC. The van der Waals surface area contributed by atoms with Crippen molar-refractivity contribution in [1.29, 1.82) is 0 Å². The number of aromatic hydroxyl groups is 1. The number of hydrogen-bond acceptors (Lipinski definition) is 11. The number of likely N-dealkylation sites (tertiary alicyclic amines) is 1. The second kappa shape index (κ2) is 16.3. The number of carbonyl (C=O) groups is 4. The van der Waals surface area contributed by atoms with Crippen molar-refractivity contribution in [1.82, 2.24) is 30.2 Å². The highest BCUT2D eigenvalue weighted by molar-refractivity contribution is 7.91. The Morgan fingerprint density at radius 3 is 2.37 bits per heavy atom. The van der Waals surface area contributed by atoms with Crippen molar-refractivity contribution in [3.63, 3.8) is 0 Å². The zero-order valence-electron chi connectivity index (χ0n) is 34.9. The van der Waals surface area contributed by atoms with Crippen LogP contribution in [0, 0.1) is 23.2 Å². The van der Waals surface area contributed by atoms with Crippen LogP contribution in [0.5, 0.6) is 11.6 Å². The van der Waals surface area contributed by atoms with Crippen LogP contribution in [0.4, 0.5) is 13.6 Å². The number of rotatable bonds is 17. The largest absolute Gasteiger partial charge is 0.497 e. The third-order valence-electron chi connectivity index (χ3n) is 12.8. The molecule has 59 heavy (non-hydrogen) atoms. The average Bonchev–Trinajstić information content (AvgIpc) is 4.13. The molecular formula is C41H58F2N6O9S. The van der Waals surface area contributed by atoms with E-state index in [9.17, 15) is 32.7 Å². The van der Waals surface area contributed by atoms with Crippen LogP contribution in [-0.2, 0) is 35.1 Å². The van der Waals surface area contributed by atoms with Gasteiger partial charge in [-0.25, -0.2) is 23.2 Å². The van der Waals surface area contributed by atoms with Crippen molar-refractivity contribution >= 4 is 44.9 Å². The lowest BCUT2D eigenvalue weighted by Gasteiger charge is -2.36. The van der Waals surface area contributed by atoms with E-state index in [0.29, 0.717) is 57.1 Å². The summed E-state index contributed by atoms with van der Waals surface area (Å²) in [6.07, 6.45) is 2.57. The molecule has 1 aliphatic heterocycles. The van der Waals surface area contributed by atoms with Crippen LogP contribution < -0.4 is 20.1 Å². The molecule has 2 heterocycles. The number of nitrogens with one attached hydrogen (secondary N) is 3. The average molecular weight is 849 g/mol. The van der Waals surface area contributed by atoms with Crippen molar-refractivity contribution in [3.8, 4) is 11.6 Å². The molecule has 15 nitrogen and oxygen atoms in total. The highest BCUT2D eigenvalue weighted by Gasteiger charge is 2.63. The lowest BCUT2D eigenvalue weighted by atomic mass is 9.85. The van der Waals surface area contributed by atoms with Gasteiger partial charge in [-0.3, -0.25) is 19.1 Å². The van der Waals surface area contributed by atoms with Gasteiger partial charge >= 0.3 is 6.09 Å². The Kier molecular flexibility index (Phi) is 12.2. The Hall–Kier alpha value is -4.35. The molecule has 7 atom stereocenters. The number of methoxy groups -OCH3 is 1. The minimum atomic E-state index is -3.94. The summed E-state index contributed by atoms with van der Waals surface area (Å²) in [5, 5.41) is 15.9. The number of aromatic nitrogens is 2. The minimum Gasteiger partial charge on any atom is -0.497 e. The number of unbranched alkanes of at least 4 members (excludes halogenated alkanes) is 1. The van der Waals surface area contributed by atoms with E-state index < -0.39 is 91.6 Å². The first-order valence-corrected chi connectivity index (χ1v) is 22.2. The Labute approximate surface area is 344 Å². The van der Waals surface area contributed by atoms with Gasteiger partial charge in [0, 0.05) is 19.0 Å². The van der Waals surface area contributed by atoms with E-state index in [0.717, 1.165) is 0 Å². The molecule has 0 spiro atoms. The summed E-state index contributed by atoms with van der Waals surface area (Å²) in [6, 6.07) is 2.54. The van der Waals surface area contributed by atoms with Crippen molar-refractivity contribution in [2.75, 3.05) is 13.7 Å². The van der Waals surface area contributed by atoms with Gasteiger partial charge in [-0.05, 0) is 87.2 Å². The number of hydrogen-bond donors (Lipinski definition) is 4. The number of ether oxygens (including phenoxy) is 2. The lowest BCUT2D eigenvalue weighted by molar-refractivity contribution is -0.143. The number of amides is 4. The van der Waals surface area contributed by atoms with Crippen LogP contribution in [0.15, 0.2) is 18.2 Å². The normalized spacial score (nSPS) is 26.5. The fourth-order valence-corrected chi connectivity index (χ4v) is 9.62. The number of carbonyl (C=O) groups excluding carboxylic acids is 4. The van der Waals surface area contributed by atoms with Crippen molar-refractivity contribution in [3.05, 3.63) is 23.9 Å². The van der Waals surface area contributed by atoms with Crippen LogP contribution in [0.1, 0.15) is 118 Å². The summed E-state index contributed by atoms with van der Waals surface area (Å²) in [5.74, 6) is -6.14. The zero-order valence-corrected chi connectivity index (χ0v) is 35.7.